The van der Waals surface area contributed by atoms with E-state index in [1.807, 2.05) is 30.3 Å². The van der Waals surface area contributed by atoms with Gasteiger partial charge in [0.15, 0.2) is 0 Å². The molecule has 0 saturated heterocycles. The largest absolute Gasteiger partial charge is 0.465 e. The molecule has 0 spiro atoms. The van der Waals surface area contributed by atoms with Crippen LogP contribution in [0.5, 0.6) is 0 Å². The Morgan fingerprint density at radius 2 is 1.80 bits per heavy atom. The van der Waals surface area contributed by atoms with E-state index >= 15 is 0 Å². The standard InChI is InChI=1S/C18H18FNO5/c19-17-12-14(8-9-16(17)15-6-2-1-3-7-15)13-18(21)24-10-4-5-11-25-20(22)23/h1-3,6-9,12H,4-5,10-11,13H2. The van der Waals surface area contributed by atoms with E-state index in [0.29, 0.717) is 24.0 Å². The molecule has 0 aliphatic carbocycles. The second-order valence-corrected chi connectivity index (χ2v) is 5.34. The fourth-order valence-corrected chi connectivity index (χ4v) is 2.27. The van der Waals surface area contributed by atoms with Crippen LogP contribution in [-0.2, 0) is 20.8 Å². The van der Waals surface area contributed by atoms with Crippen molar-refractivity contribution in [3.63, 3.8) is 0 Å². The third-order valence-electron chi connectivity index (χ3n) is 3.47. The van der Waals surface area contributed by atoms with Crippen LogP contribution in [0.25, 0.3) is 11.1 Å². The van der Waals surface area contributed by atoms with Crippen molar-refractivity contribution < 1.29 is 23.8 Å². The number of ether oxygens (including phenoxy) is 1. The van der Waals surface area contributed by atoms with Gasteiger partial charge < -0.3 is 9.57 Å². The van der Waals surface area contributed by atoms with Crippen molar-refractivity contribution >= 4 is 5.97 Å². The lowest BCUT2D eigenvalue weighted by Crippen LogP contribution is -2.10. The molecule has 6 nitrogen and oxygen atoms in total. The first-order valence-electron chi connectivity index (χ1n) is 7.83. The molecular weight excluding hydrogens is 329 g/mol. The number of rotatable bonds is 9. The van der Waals surface area contributed by atoms with E-state index in [1.54, 1.807) is 12.1 Å². The quantitative estimate of drug-likeness (QED) is 0.300. The number of unbranched alkanes of at least 4 members (excludes halogenated alkanes) is 1. The number of benzene rings is 2. The molecule has 0 aliphatic heterocycles. The minimum atomic E-state index is -0.861. The molecule has 0 aromatic heterocycles. The summed E-state index contributed by atoms with van der Waals surface area (Å²) in [5.41, 5.74) is 1.77. The highest BCUT2D eigenvalue weighted by molar-refractivity contribution is 5.73. The van der Waals surface area contributed by atoms with Crippen molar-refractivity contribution in [1.82, 2.24) is 0 Å². The highest BCUT2D eigenvalue weighted by atomic mass is 19.1. The van der Waals surface area contributed by atoms with E-state index in [9.17, 15) is 19.3 Å². The SMILES string of the molecule is O=C(Cc1ccc(-c2ccccc2)c(F)c1)OCCCCO[N+](=O)[O-]. The third-order valence-corrected chi connectivity index (χ3v) is 3.47. The van der Waals surface area contributed by atoms with Gasteiger partial charge >= 0.3 is 5.97 Å². The summed E-state index contributed by atoms with van der Waals surface area (Å²) in [4.78, 5) is 25.8. The number of halogens is 1. The monoisotopic (exact) mass is 347 g/mol. The summed E-state index contributed by atoms with van der Waals surface area (Å²) in [5.74, 6) is -0.865. The van der Waals surface area contributed by atoms with Crippen LogP contribution >= 0.6 is 0 Å². The Labute approximate surface area is 144 Å². The summed E-state index contributed by atoms with van der Waals surface area (Å²) in [5, 5.41) is 9.09. The number of hydrogen-bond acceptors (Lipinski definition) is 5. The number of carbonyl (C=O) groups is 1. The van der Waals surface area contributed by atoms with Gasteiger partial charge in [0.05, 0.1) is 19.6 Å². The van der Waals surface area contributed by atoms with Gasteiger partial charge in [-0.05, 0) is 30.0 Å². The summed E-state index contributed by atoms with van der Waals surface area (Å²) in [6.45, 7) is 0.112. The molecular formula is C18H18FNO5. The molecule has 0 radical (unpaired) electrons. The Hall–Kier alpha value is -2.96. The molecule has 0 aliphatic rings. The van der Waals surface area contributed by atoms with Gasteiger partial charge in [-0.1, -0.05) is 42.5 Å². The maximum absolute atomic E-state index is 14.2. The summed E-state index contributed by atoms with van der Waals surface area (Å²) >= 11 is 0. The number of nitrogens with zero attached hydrogens (tertiary/aromatic N) is 1. The Bertz CT molecular complexity index is 721. The van der Waals surface area contributed by atoms with E-state index < -0.39 is 16.9 Å². The minimum absolute atomic E-state index is 0.0304. The molecule has 2 rings (SSSR count). The number of hydrogen-bond donors (Lipinski definition) is 0. The van der Waals surface area contributed by atoms with Crippen LogP contribution in [0.15, 0.2) is 48.5 Å². The van der Waals surface area contributed by atoms with Crippen molar-refractivity contribution in [3.05, 3.63) is 70.0 Å². The third kappa shape index (κ3) is 6.21. The molecule has 0 amide bonds. The first kappa shape index (κ1) is 18.4. The fourth-order valence-electron chi connectivity index (χ4n) is 2.27. The zero-order chi connectivity index (χ0) is 18.1. The van der Waals surface area contributed by atoms with Crippen LogP contribution < -0.4 is 0 Å². The van der Waals surface area contributed by atoms with E-state index in [1.165, 1.54) is 6.07 Å². The molecule has 7 heteroatoms. The molecule has 0 N–H and O–H groups in total. The van der Waals surface area contributed by atoms with Crippen molar-refractivity contribution in [2.45, 2.75) is 19.3 Å². The predicted octanol–water partition coefficient (Wildman–Crippen LogP) is 3.57. The highest BCUT2D eigenvalue weighted by Crippen LogP contribution is 2.23. The van der Waals surface area contributed by atoms with Gasteiger partial charge in [0, 0.05) is 5.56 Å². The summed E-state index contributed by atoms with van der Waals surface area (Å²) in [7, 11) is 0. The van der Waals surface area contributed by atoms with Crippen LogP contribution in [0.1, 0.15) is 18.4 Å². The summed E-state index contributed by atoms with van der Waals surface area (Å²) in [6, 6.07) is 13.8. The van der Waals surface area contributed by atoms with Gasteiger partial charge in [0.25, 0.3) is 5.09 Å². The Balaban J connectivity index is 1.79. The molecule has 0 saturated carbocycles. The second kappa shape index (κ2) is 9.36. The first-order chi connectivity index (χ1) is 12.1. The van der Waals surface area contributed by atoms with Gasteiger partial charge in [-0.15, -0.1) is 10.1 Å². The van der Waals surface area contributed by atoms with E-state index in [4.69, 9.17) is 4.74 Å². The molecule has 0 fully saturated rings. The molecule has 0 atom stereocenters. The lowest BCUT2D eigenvalue weighted by Gasteiger charge is -2.07. The smallest absolute Gasteiger partial charge is 0.310 e. The van der Waals surface area contributed by atoms with Crippen LogP contribution in [0, 0.1) is 15.9 Å². The zero-order valence-corrected chi connectivity index (χ0v) is 13.5. The molecule has 132 valence electrons. The Morgan fingerprint density at radius 3 is 2.48 bits per heavy atom. The summed E-state index contributed by atoms with van der Waals surface area (Å²) < 4.78 is 19.2. The molecule has 2 aromatic carbocycles. The Morgan fingerprint density at radius 1 is 1.08 bits per heavy atom. The van der Waals surface area contributed by atoms with Gasteiger partial charge in [-0.25, -0.2) is 4.39 Å². The zero-order valence-electron chi connectivity index (χ0n) is 13.5. The van der Waals surface area contributed by atoms with Crippen molar-refractivity contribution in [1.29, 1.82) is 0 Å². The van der Waals surface area contributed by atoms with Gasteiger partial charge in [0.1, 0.15) is 5.82 Å². The molecule has 2 aromatic rings. The van der Waals surface area contributed by atoms with Crippen LogP contribution in [0.3, 0.4) is 0 Å². The predicted molar refractivity (Wildman–Crippen MR) is 88.7 cm³/mol. The lowest BCUT2D eigenvalue weighted by molar-refractivity contribution is -0.757. The average molecular weight is 347 g/mol. The normalized spacial score (nSPS) is 10.3. The van der Waals surface area contributed by atoms with Gasteiger partial charge in [0.2, 0.25) is 0 Å². The van der Waals surface area contributed by atoms with Gasteiger partial charge in [-0.2, -0.15) is 0 Å². The topological polar surface area (TPSA) is 78.7 Å². The molecule has 0 heterocycles. The minimum Gasteiger partial charge on any atom is -0.465 e. The van der Waals surface area contributed by atoms with E-state index in [0.717, 1.165) is 5.56 Å². The van der Waals surface area contributed by atoms with Crippen LogP contribution in [0.2, 0.25) is 0 Å². The average Bonchev–Trinajstić information content (AvgIpc) is 2.58. The van der Waals surface area contributed by atoms with Crippen LogP contribution in [-0.4, -0.2) is 24.3 Å². The van der Waals surface area contributed by atoms with Crippen molar-refractivity contribution in [3.8, 4) is 11.1 Å². The van der Waals surface area contributed by atoms with Crippen LogP contribution in [0.4, 0.5) is 4.39 Å². The molecule has 0 bridgehead atoms. The number of carbonyl (C=O) groups excluding carboxylic acids is 1. The highest BCUT2D eigenvalue weighted by Gasteiger charge is 2.09. The summed E-state index contributed by atoms with van der Waals surface area (Å²) in [6.07, 6.45) is 0.840. The lowest BCUT2D eigenvalue weighted by atomic mass is 10.0. The van der Waals surface area contributed by atoms with Crippen molar-refractivity contribution in [2.75, 3.05) is 13.2 Å². The Kier molecular flexibility index (Phi) is 6.88. The maximum atomic E-state index is 14.2. The molecule has 25 heavy (non-hydrogen) atoms. The number of esters is 1. The van der Waals surface area contributed by atoms with E-state index in [-0.39, 0.29) is 19.6 Å². The molecule has 0 unspecified atom stereocenters. The first-order valence-corrected chi connectivity index (χ1v) is 7.83. The second-order valence-electron chi connectivity index (χ2n) is 5.34. The van der Waals surface area contributed by atoms with Crippen molar-refractivity contribution in [2.24, 2.45) is 0 Å². The van der Waals surface area contributed by atoms with E-state index in [2.05, 4.69) is 4.84 Å². The fraction of sp³-hybridized carbons (Fsp3) is 0.278. The maximum Gasteiger partial charge on any atom is 0.310 e. The van der Waals surface area contributed by atoms with Gasteiger partial charge in [-0.3, -0.25) is 4.79 Å².